The normalized spacial score (nSPS) is 26.2. The first kappa shape index (κ1) is 13.3. The maximum absolute atomic E-state index is 12.9. The molecule has 0 saturated heterocycles. The third-order valence-electron chi connectivity index (χ3n) is 2.71. The van der Waals surface area contributed by atoms with Crippen LogP contribution >= 0.6 is 0 Å². The summed E-state index contributed by atoms with van der Waals surface area (Å²) in [6, 6.07) is 0. The van der Waals surface area contributed by atoms with Crippen LogP contribution in [0.5, 0.6) is 0 Å². The summed E-state index contributed by atoms with van der Waals surface area (Å²) >= 11 is 0. The fraction of sp³-hybridized carbons (Fsp3) is 0.917. The van der Waals surface area contributed by atoms with Gasteiger partial charge in [0, 0.05) is 6.54 Å². The summed E-state index contributed by atoms with van der Waals surface area (Å²) in [5.41, 5.74) is -0.458. The van der Waals surface area contributed by atoms with E-state index in [1.165, 1.54) is 0 Å². The maximum atomic E-state index is 12.9. The Bertz CT molecular complexity index is 230. The van der Waals surface area contributed by atoms with Crippen molar-refractivity contribution in [1.29, 1.82) is 0 Å². The molecule has 0 aromatic heterocycles. The molecule has 1 amide bonds. The zero-order valence-electron chi connectivity index (χ0n) is 10.4. The standard InChI is InChI=1S/C12H22FNO2/c1-12(2,3)16-11(15)14-8-9-4-6-10(13)7-5-9/h9-10H,4-8H2,1-3H3,(H,14,15)/t9-,10+. The number of rotatable bonds is 2. The Morgan fingerprint density at radius 2 is 1.88 bits per heavy atom. The summed E-state index contributed by atoms with van der Waals surface area (Å²) in [5.74, 6) is 0.402. The molecule has 3 nitrogen and oxygen atoms in total. The third kappa shape index (κ3) is 5.33. The summed E-state index contributed by atoms with van der Waals surface area (Å²) in [5, 5.41) is 2.74. The number of hydrogen-bond donors (Lipinski definition) is 1. The van der Waals surface area contributed by atoms with Crippen LogP contribution in [0, 0.1) is 5.92 Å². The van der Waals surface area contributed by atoms with Crippen LogP contribution in [-0.2, 0) is 4.74 Å². The van der Waals surface area contributed by atoms with Crippen molar-refractivity contribution in [1.82, 2.24) is 5.32 Å². The van der Waals surface area contributed by atoms with E-state index in [0.29, 0.717) is 25.3 Å². The average molecular weight is 231 g/mol. The summed E-state index contributed by atoms with van der Waals surface area (Å²) in [7, 11) is 0. The van der Waals surface area contributed by atoms with Crippen molar-refractivity contribution in [3.63, 3.8) is 0 Å². The lowest BCUT2D eigenvalue weighted by molar-refractivity contribution is 0.0512. The lowest BCUT2D eigenvalue weighted by atomic mass is 9.88. The van der Waals surface area contributed by atoms with E-state index in [4.69, 9.17) is 4.74 Å². The number of alkyl carbamates (subject to hydrolysis) is 1. The van der Waals surface area contributed by atoms with Gasteiger partial charge < -0.3 is 10.1 Å². The van der Waals surface area contributed by atoms with Gasteiger partial charge in [0.2, 0.25) is 0 Å². The van der Waals surface area contributed by atoms with Crippen LogP contribution in [0.1, 0.15) is 46.5 Å². The molecule has 94 valence electrons. The molecule has 4 heteroatoms. The second-order valence-corrected chi connectivity index (χ2v) is 5.50. The van der Waals surface area contributed by atoms with Crippen molar-refractivity contribution in [3.05, 3.63) is 0 Å². The highest BCUT2D eigenvalue weighted by molar-refractivity contribution is 5.67. The van der Waals surface area contributed by atoms with Gasteiger partial charge in [-0.1, -0.05) is 0 Å². The second kappa shape index (κ2) is 5.51. The third-order valence-corrected chi connectivity index (χ3v) is 2.71. The van der Waals surface area contributed by atoms with Gasteiger partial charge in [-0.2, -0.15) is 0 Å². The Kier molecular flexibility index (Phi) is 4.56. The first-order valence-corrected chi connectivity index (χ1v) is 5.98. The molecule has 1 aliphatic rings. The smallest absolute Gasteiger partial charge is 0.407 e. The quantitative estimate of drug-likeness (QED) is 0.793. The molecule has 0 aromatic rings. The lowest BCUT2D eigenvalue weighted by Crippen LogP contribution is -2.36. The van der Waals surface area contributed by atoms with E-state index >= 15 is 0 Å². The molecule has 0 bridgehead atoms. The largest absolute Gasteiger partial charge is 0.444 e. The number of hydrogen-bond acceptors (Lipinski definition) is 2. The van der Waals surface area contributed by atoms with Gasteiger partial charge in [0.1, 0.15) is 11.8 Å². The van der Waals surface area contributed by atoms with E-state index in [2.05, 4.69) is 5.32 Å². The van der Waals surface area contributed by atoms with E-state index in [1.807, 2.05) is 20.8 Å². The van der Waals surface area contributed by atoms with E-state index < -0.39 is 11.8 Å². The van der Waals surface area contributed by atoms with Crippen molar-refractivity contribution in [2.75, 3.05) is 6.54 Å². The number of carbonyl (C=O) groups is 1. The van der Waals surface area contributed by atoms with Crippen LogP contribution in [0.3, 0.4) is 0 Å². The molecular formula is C12H22FNO2. The highest BCUT2D eigenvalue weighted by Gasteiger charge is 2.22. The van der Waals surface area contributed by atoms with Gasteiger partial charge in [0.05, 0.1) is 0 Å². The molecule has 1 aliphatic carbocycles. The van der Waals surface area contributed by atoms with Crippen LogP contribution in [0.25, 0.3) is 0 Å². The molecule has 0 heterocycles. The van der Waals surface area contributed by atoms with Crippen LogP contribution in [0.15, 0.2) is 0 Å². The van der Waals surface area contributed by atoms with Crippen molar-refractivity contribution < 1.29 is 13.9 Å². The van der Waals surface area contributed by atoms with Crippen molar-refractivity contribution >= 4 is 6.09 Å². The summed E-state index contributed by atoms with van der Waals surface area (Å²) in [6.45, 7) is 6.10. The predicted octanol–water partition coefficient (Wildman–Crippen LogP) is 3.04. The minimum atomic E-state index is -0.641. The number of nitrogens with one attached hydrogen (secondary N) is 1. The number of ether oxygens (including phenoxy) is 1. The summed E-state index contributed by atoms with van der Waals surface area (Å²) < 4.78 is 18.0. The van der Waals surface area contributed by atoms with Crippen molar-refractivity contribution in [2.24, 2.45) is 5.92 Å². The zero-order valence-corrected chi connectivity index (χ0v) is 10.4. The summed E-state index contributed by atoms with van der Waals surface area (Å²) in [4.78, 5) is 11.4. The van der Waals surface area contributed by atoms with Crippen LogP contribution in [0.2, 0.25) is 0 Å². The lowest BCUT2D eigenvalue weighted by Gasteiger charge is -2.25. The number of amides is 1. The van der Waals surface area contributed by atoms with Crippen LogP contribution in [-0.4, -0.2) is 24.4 Å². The highest BCUT2D eigenvalue weighted by Crippen LogP contribution is 2.25. The molecule has 1 rings (SSSR count). The highest BCUT2D eigenvalue weighted by atomic mass is 19.1. The monoisotopic (exact) mass is 231 g/mol. The Morgan fingerprint density at radius 1 is 1.31 bits per heavy atom. The summed E-state index contributed by atoms with van der Waals surface area (Å²) in [6.07, 6.45) is 1.95. The molecule has 1 saturated carbocycles. The van der Waals surface area contributed by atoms with Gasteiger partial charge in [-0.15, -0.1) is 0 Å². The first-order valence-electron chi connectivity index (χ1n) is 5.98. The van der Waals surface area contributed by atoms with Crippen molar-refractivity contribution in [3.8, 4) is 0 Å². The topological polar surface area (TPSA) is 38.3 Å². The molecule has 0 radical (unpaired) electrons. The van der Waals surface area contributed by atoms with Crippen molar-refractivity contribution in [2.45, 2.75) is 58.2 Å². The number of carbonyl (C=O) groups excluding carboxylic acids is 1. The SMILES string of the molecule is CC(C)(C)OC(=O)NC[C@H]1CC[C@@H](F)CC1. The molecule has 0 unspecified atom stereocenters. The van der Waals surface area contributed by atoms with E-state index in [0.717, 1.165) is 12.8 Å². The van der Waals surface area contributed by atoms with Gasteiger partial charge in [-0.3, -0.25) is 0 Å². The fourth-order valence-corrected chi connectivity index (χ4v) is 1.87. The van der Waals surface area contributed by atoms with Crippen LogP contribution < -0.4 is 5.32 Å². The molecule has 0 atom stereocenters. The van der Waals surface area contributed by atoms with E-state index in [1.54, 1.807) is 0 Å². The minimum Gasteiger partial charge on any atom is -0.444 e. The zero-order chi connectivity index (χ0) is 12.2. The molecule has 16 heavy (non-hydrogen) atoms. The van der Waals surface area contributed by atoms with Gasteiger partial charge in [0.25, 0.3) is 0 Å². The number of halogens is 1. The van der Waals surface area contributed by atoms with E-state index in [-0.39, 0.29) is 6.09 Å². The van der Waals surface area contributed by atoms with Gasteiger partial charge in [-0.25, -0.2) is 9.18 Å². The maximum Gasteiger partial charge on any atom is 0.407 e. The fourth-order valence-electron chi connectivity index (χ4n) is 1.87. The molecule has 0 aliphatic heterocycles. The van der Waals surface area contributed by atoms with Gasteiger partial charge in [-0.05, 0) is 52.4 Å². The Balaban J connectivity index is 2.17. The molecule has 1 N–H and O–H groups in total. The molecule has 1 fully saturated rings. The Hall–Kier alpha value is -0.800. The van der Waals surface area contributed by atoms with Crippen LogP contribution in [0.4, 0.5) is 9.18 Å². The Labute approximate surface area is 96.7 Å². The molecule has 0 spiro atoms. The molecular weight excluding hydrogens is 209 g/mol. The average Bonchev–Trinajstić information content (AvgIpc) is 2.14. The van der Waals surface area contributed by atoms with Gasteiger partial charge >= 0.3 is 6.09 Å². The van der Waals surface area contributed by atoms with Gasteiger partial charge in [0.15, 0.2) is 0 Å². The molecule has 0 aromatic carbocycles. The van der Waals surface area contributed by atoms with E-state index in [9.17, 15) is 9.18 Å². The second-order valence-electron chi connectivity index (χ2n) is 5.50. The Morgan fingerprint density at radius 3 is 2.38 bits per heavy atom. The predicted molar refractivity (Wildman–Crippen MR) is 61.1 cm³/mol. The number of alkyl halides is 1. The minimum absolute atomic E-state index is 0.380. The first-order chi connectivity index (χ1) is 7.37.